The number of carbonyl (C=O) groups is 1. The summed E-state index contributed by atoms with van der Waals surface area (Å²) in [5.74, 6) is 0.176. The third-order valence-corrected chi connectivity index (χ3v) is 3.79. The minimum Gasteiger partial charge on any atom is -0.491 e. The van der Waals surface area contributed by atoms with Crippen molar-refractivity contribution in [3.8, 4) is 0 Å². The quantitative estimate of drug-likeness (QED) is 0.545. The highest BCUT2D eigenvalue weighted by Gasteiger charge is 2.32. The van der Waals surface area contributed by atoms with E-state index in [9.17, 15) is 18.0 Å². The standard InChI is InChI=1S/C17H21F3N2O2/c1-10(2)16(23)12(9-21)13-5-6-14(15(22-13)11-3-4-11)24-8-7-17(18,19)20/h5-6,9-11,21-22H,3-4,7-8H2,1-2H3/b13-12+,21-9?. The lowest BCUT2D eigenvalue weighted by Gasteiger charge is -2.22. The van der Waals surface area contributed by atoms with Gasteiger partial charge in [-0.3, -0.25) is 4.79 Å². The van der Waals surface area contributed by atoms with Crippen LogP contribution in [0.4, 0.5) is 13.2 Å². The second kappa shape index (κ2) is 7.23. The maximum absolute atomic E-state index is 12.3. The van der Waals surface area contributed by atoms with Crippen molar-refractivity contribution in [2.75, 3.05) is 6.61 Å². The number of carbonyl (C=O) groups excluding carboxylic acids is 1. The van der Waals surface area contributed by atoms with E-state index in [0.717, 1.165) is 19.1 Å². The molecule has 0 spiro atoms. The molecule has 0 aromatic carbocycles. The Hall–Kier alpha value is -2.05. The molecule has 1 fully saturated rings. The third kappa shape index (κ3) is 4.72. The van der Waals surface area contributed by atoms with Crippen LogP contribution in [0, 0.1) is 17.2 Å². The number of halogens is 3. The molecule has 0 radical (unpaired) electrons. The van der Waals surface area contributed by atoms with Gasteiger partial charge in [0.25, 0.3) is 0 Å². The van der Waals surface area contributed by atoms with Crippen molar-refractivity contribution in [1.29, 1.82) is 5.41 Å². The Labute approximate surface area is 139 Å². The number of hydrogen-bond acceptors (Lipinski definition) is 4. The van der Waals surface area contributed by atoms with E-state index < -0.39 is 19.2 Å². The smallest absolute Gasteiger partial charge is 0.392 e. The predicted octanol–water partition coefficient (Wildman–Crippen LogP) is 3.87. The summed E-state index contributed by atoms with van der Waals surface area (Å²) in [6.07, 6.45) is 0.746. The first-order valence-corrected chi connectivity index (χ1v) is 7.90. The van der Waals surface area contributed by atoms with Crippen molar-refractivity contribution in [3.63, 3.8) is 0 Å². The maximum atomic E-state index is 12.3. The van der Waals surface area contributed by atoms with Crippen LogP contribution in [-0.4, -0.2) is 24.8 Å². The van der Waals surface area contributed by atoms with E-state index in [4.69, 9.17) is 10.1 Å². The van der Waals surface area contributed by atoms with Crippen LogP contribution in [0.3, 0.4) is 0 Å². The molecule has 1 aliphatic carbocycles. The Kier molecular flexibility index (Phi) is 5.51. The first-order chi connectivity index (χ1) is 11.2. The highest BCUT2D eigenvalue weighted by atomic mass is 19.4. The van der Waals surface area contributed by atoms with E-state index in [0.29, 0.717) is 17.2 Å². The summed E-state index contributed by atoms with van der Waals surface area (Å²) in [7, 11) is 0. The van der Waals surface area contributed by atoms with Gasteiger partial charge in [0.1, 0.15) is 5.76 Å². The van der Waals surface area contributed by atoms with E-state index in [1.165, 1.54) is 0 Å². The average molecular weight is 342 g/mol. The molecule has 0 aromatic heterocycles. The van der Waals surface area contributed by atoms with Crippen LogP contribution in [0.15, 0.2) is 34.9 Å². The van der Waals surface area contributed by atoms with Crippen LogP contribution in [0.2, 0.25) is 0 Å². The van der Waals surface area contributed by atoms with Gasteiger partial charge in [0.2, 0.25) is 0 Å². The van der Waals surface area contributed by atoms with Crippen LogP contribution in [0.5, 0.6) is 0 Å². The fourth-order valence-electron chi connectivity index (χ4n) is 2.32. The number of nitrogens with one attached hydrogen (secondary N) is 2. The molecule has 24 heavy (non-hydrogen) atoms. The highest BCUT2D eigenvalue weighted by Crippen LogP contribution is 2.39. The van der Waals surface area contributed by atoms with Crippen molar-refractivity contribution in [1.82, 2.24) is 5.32 Å². The molecule has 0 amide bonds. The van der Waals surface area contributed by atoms with Crippen molar-refractivity contribution < 1.29 is 22.7 Å². The molecular formula is C17H21F3N2O2. The van der Waals surface area contributed by atoms with Gasteiger partial charge in [-0.25, -0.2) is 0 Å². The van der Waals surface area contributed by atoms with Gasteiger partial charge in [-0.1, -0.05) is 13.8 Å². The largest absolute Gasteiger partial charge is 0.491 e. The number of Topliss-reactive ketones (excluding diaryl/α,β-unsaturated/α-hetero) is 1. The SMILES string of the molecule is CC(C)C(=O)/C(C=N)=C1\C=CC(OCCC(F)(F)F)=C(C2CC2)N1. The molecule has 0 atom stereocenters. The van der Waals surface area contributed by atoms with E-state index in [1.807, 2.05) is 0 Å². The Morgan fingerprint density at radius 3 is 2.58 bits per heavy atom. The molecule has 2 rings (SSSR count). The van der Waals surface area contributed by atoms with E-state index in [1.54, 1.807) is 26.0 Å². The number of ether oxygens (including phenoxy) is 1. The Morgan fingerprint density at radius 2 is 2.08 bits per heavy atom. The molecule has 2 N–H and O–H groups in total. The van der Waals surface area contributed by atoms with Gasteiger partial charge in [-0.15, -0.1) is 0 Å². The molecule has 0 unspecified atom stereocenters. The van der Waals surface area contributed by atoms with Gasteiger partial charge < -0.3 is 15.5 Å². The van der Waals surface area contributed by atoms with E-state index in [-0.39, 0.29) is 23.2 Å². The lowest BCUT2D eigenvalue weighted by Crippen LogP contribution is -2.25. The van der Waals surface area contributed by atoms with Gasteiger partial charge in [0, 0.05) is 18.1 Å². The zero-order valence-corrected chi connectivity index (χ0v) is 13.7. The van der Waals surface area contributed by atoms with Crippen LogP contribution in [0.1, 0.15) is 33.1 Å². The minimum absolute atomic E-state index is 0.159. The fourth-order valence-corrected chi connectivity index (χ4v) is 2.32. The van der Waals surface area contributed by atoms with Crippen molar-refractivity contribution in [3.05, 3.63) is 34.9 Å². The number of hydrogen-bond donors (Lipinski definition) is 2. The molecule has 1 saturated carbocycles. The van der Waals surface area contributed by atoms with Gasteiger partial charge in [-0.05, 0) is 25.0 Å². The topological polar surface area (TPSA) is 62.2 Å². The van der Waals surface area contributed by atoms with Crippen molar-refractivity contribution >= 4 is 12.0 Å². The van der Waals surface area contributed by atoms with E-state index in [2.05, 4.69) is 5.32 Å². The number of allylic oxidation sites excluding steroid dienone is 4. The number of rotatable bonds is 7. The summed E-state index contributed by atoms with van der Waals surface area (Å²) in [6, 6.07) is 0. The summed E-state index contributed by atoms with van der Waals surface area (Å²) in [5.41, 5.74) is 1.45. The van der Waals surface area contributed by atoms with Gasteiger partial charge >= 0.3 is 6.18 Å². The first kappa shape index (κ1) is 18.3. The average Bonchev–Trinajstić information content (AvgIpc) is 3.32. The molecule has 4 nitrogen and oxygen atoms in total. The second-order valence-corrected chi connectivity index (χ2v) is 6.21. The van der Waals surface area contributed by atoms with Gasteiger partial charge in [-0.2, -0.15) is 13.2 Å². The number of ketones is 1. The van der Waals surface area contributed by atoms with Crippen molar-refractivity contribution in [2.24, 2.45) is 11.8 Å². The lowest BCUT2D eigenvalue weighted by atomic mass is 9.98. The van der Waals surface area contributed by atoms with Crippen LogP contribution < -0.4 is 5.32 Å². The lowest BCUT2D eigenvalue weighted by molar-refractivity contribution is -0.142. The fraction of sp³-hybridized carbons (Fsp3) is 0.529. The summed E-state index contributed by atoms with van der Waals surface area (Å²) >= 11 is 0. The Bertz CT molecular complexity index is 612. The Morgan fingerprint density at radius 1 is 1.42 bits per heavy atom. The molecule has 132 valence electrons. The maximum Gasteiger partial charge on any atom is 0.392 e. The van der Waals surface area contributed by atoms with Crippen LogP contribution in [0.25, 0.3) is 0 Å². The first-order valence-electron chi connectivity index (χ1n) is 7.90. The van der Waals surface area contributed by atoms with Crippen LogP contribution in [-0.2, 0) is 9.53 Å². The Balaban J connectivity index is 2.18. The molecule has 7 heteroatoms. The molecule has 0 bridgehead atoms. The highest BCUT2D eigenvalue weighted by molar-refractivity contribution is 6.14. The summed E-state index contributed by atoms with van der Waals surface area (Å²) in [6.45, 7) is 3.06. The van der Waals surface area contributed by atoms with Gasteiger partial charge in [0.05, 0.1) is 30.0 Å². The molecule has 1 aliphatic heterocycles. The molecule has 0 saturated heterocycles. The monoisotopic (exact) mass is 342 g/mol. The normalized spacial score (nSPS) is 20.1. The number of dihydropyridines is 1. The molecular weight excluding hydrogens is 321 g/mol. The van der Waals surface area contributed by atoms with Crippen molar-refractivity contribution in [2.45, 2.75) is 39.3 Å². The molecule has 1 heterocycles. The summed E-state index contributed by atoms with van der Waals surface area (Å²) in [5, 5.41) is 10.6. The minimum atomic E-state index is -4.26. The third-order valence-electron chi connectivity index (χ3n) is 3.79. The summed E-state index contributed by atoms with van der Waals surface area (Å²) < 4.78 is 42.1. The van der Waals surface area contributed by atoms with Gasteiger partial charge in [0.15, 0.2) is 5.78 Å². The van der Waals surface area contributed by atoms with Crippen LogP contribution >= 0.6 is 0 Å². The van der Waals surface area contributed by atoms with E-state index >= 15 is 0 Å². The second-order valence-electron chi connectivity index (χ2n) is 6.21. The summed E-state index contributed by atoms with van der Waals surface area (Å²) in [4.78, 5) is 12.2. The zero-order valence-electron chi connectivity index (χ0n) is 13.7. The number of alkyl halides is 3. The molecule has 2 aliphatic rings. The zero-order chi connectivity index (χ0) is 17.9. The predicted molar refractivity (Wildman–Crippen MR) is 84.3 cm³/mol. The molecule has 0 aromatic rings.